The summed E-state index contributed by atoms with van der Waals surface area (Å²) >= 11 is 0. The van der Waals surface area contributed by atoms with Crippen LogP contribution in [0.1, 0.15) is 57.8 Å². The summed E-state index contributed by atoms with van der Waals surface area (Å²) < 4.78 is 0. The standard InChI is InChI=1S/C24H36N6O2/c25-22-28-19(27-14-24-9-15-5-16(10-24)7-17(6-15)11-24)8-20(29-22)30-3-1-23(2-4-30)12-18(21(31)32)26-13-23/h8,15-18,26H,1-7,9-14H2,(H,31,32)(H3,25,27,28,29)/t15?,16?,17?,18-,24?/m0/s1. The molecule has 7 rings (SSSR count). The van der Waals surface area contributed by atoms with Crippen molar-refractivity contribution in [2.75, 3.05) is 42.1 Å². The quantitative estimate of drug-likeness (QED) is 0.552. The van der Waals surface area contributed by atoms with E-state index in [-0.39, 0.29) is 5.41 Å². The van der Waals surface area contributed by atoms with Crippen LogP contribution in [0.4, 0.5) is 17.6 Å². The summed E-state index contributed by atoms with van der Waals surface area (Å²) in [6.07, 6.45) is 11.2. The monoisotopic (exact) mass is 440 g/mol. The van der Waals surface area contributed by atoms with Gasteiger partial charge in [0.05, 0.1) is 0 Å². The molecule has 4 aliphatic carbocycles. The van der Waals surface area contributed by atoms with Crippen LogP contribution in [-0.2, 0) is 4.79 Å². The Kier molecular flexibility index (Phi) is 4.79. The maximum Gasteiger partial charge on any atom is 0.320 e. The molecule has 1 spiro atoms. The lowest BCUT2D eigenvalue weighted by Crippen LogP contribution is -2.49. The van der Waals surface area contributed by atoms with Gasteiger partial charge >= 0.3 is 5.97 Å². The number of nitrogen functional groups attached to an aromatic ring is 1. The van der Waals surface area contributed by atoms with Crippen molar-refractivity contribution in [3.05, 3.63) is 6.07 Å². The highest BCUT2D eigenvalue weighted by molar-refractivity contribution is 5.74. The van der Waals surface area contributed by atoms with Gasteiger partial charge in [-0.05, 0) is 86.4 Å². The van der Waals surface area contributed by atoms with Crippen molar-refractivity contribution in [2.45, 2.75) is 63.8 Å². The van der Waals surface area contributed by atoms with Gasteiger partial charge in [-0.2, -0.15) is 9.97 Å². The Bertz CT molecular complexity index is 861. The molecule has 8 heteroatoms. The Morgan fingerprint density at radius 3 is 2.38 bits per heavy atom. The molecular formula is C24H36N6O2. The highest BCUT2D eigenvalue weighted by atomic mass is 16.4. The molecule has 2 saturated heterocycles. The largest absolute Gasteiger partial charge is 0.480 e. The SMILES string of the molecule is Nc1nc(NCC23CC4CC(CC(C4)C2)C3)cc(N2CCC3(CC2)CN[C@H](C(=O)O)C3)n1. The van der Waals surface area contributed by atoms with Crippen molar-refractivity contribution in [1.29, 1.82) is 0 Å². The second-order valence-corrected chi connectivity index (χ2v) is 11.7. The third kappa shape index (κ3) is 3.70. The van der Waals surface area contributed by atoms with Gasteiger partial charge in [-0.25, -0.2) is 0 Å². The van der Waals surface area contributed by atoms with Gasteiger partial charge in [-0.1, -0.05) is 0 Å². The van der Waals surface area contributed by atoms with Gasteiger partial charge in [-0.3, -0.25) is 4.79 Å². The number of rotatable bonds is 5. The third-order valence-electron chi connectivity index (χ3n) is 9.35. The van der Waals surface area contributed by atoms with Gasteiger partial charge in [0.1, 0.15) is 17.7 Å². The first-order chi connectivity index (χ1) is 15.4. The number of nitrogens with zero attached hydrogens (tertiary/aromatic N) is 3. The topological polar surface area (TPSA) is 116 Å². The van der Waals surface area contributed by atoms with E-state index in [1.807, 2.05) is 0 Å². The molecule has 1 aromatic heterocycles. The van der Waals surface area contributed by atoms with Crippen LogP contribution in [0.5, 0.6) is 0 Å². The Labute approximate surface area is 189 Å². The van der Waals surface area contributed by atoms with Crippen LogP contribution in [0.2, 0.25) is 0 Å². The predicted molar refractivity (Wildman–Crippen MR) is 123 cm³/mol. The number of nitrogens with two attached hydrogens (primary N) is 1. The smallest absolute Gasteiger partial charge is 0.320 e. The van der Waals surface area contributed by atoms with E-state index >= 15 is 0 Å². The number of aliphatic carboxylic acids is 1. The fraction of sp³-hybridized carbons (Fsp3) is 0.792. The normalized spacial score (nSPS) is 37.2. The highest BCUT2D eigenvalue weighted by Crippen LogP contribution is 2.59. The second-order valence-electron chi connectivity index (χ2n) is 11.7. The van der Waals surface area contributed by atoms with Gasteiger partial charge in [0.2, 0.25) is 5.95 Å². The zero-order valence-corrected chi connectivity index (χ0v) is 18.9. The first-order valence-electron chi connectivity index (χ1n) is 12.5. The third-order valence-corrected chi connectivity index (χ3v) is 9.35. The Balaban J connectivity index is 1.11. The summed E-state index contributed by atoms with van der Waals surface area (Å²) in [6.45, 7) is 3.54. The van der Waals surface area contributed by atoms with E-state index < -0.39 is 12.0 Å². The lowest BCUT2D eigenvalue weighted by molar-refractivity contribution is -0.139. The minimum Gasteiger partial charge on any atom is -0.480 e. The number of aromatic nitrogens is 2. The highest BCUT2D eigenvalue weighted by Gasteiger charge is 2.50. The van der Waals surface area contributed by atoms with E-state index in [9.17, 15) is 9.90 Å². The van der Waals surface area contributed by atoms with Crippen molar-refractivity contribution in [2.24, 2.45) is 28.6 Å². The van der Waals surface area contributed by atoms with Crippen LogP contribution in [0, 0.1) is 28.6 Å². The van der Waals surface area contributed by atoms with Gasteiger partial charge in [0.25, 0.3) is 0 Å². The minimum absolute atomic E-state index is 0.0950. The average molecular weight is 441 g/mol. The zero-order valence-electron chi connectivity index (χ0n) is 18.9. The molecule has 0 amide bonds. The molecule has 3 heterocycles. The van der Waals surface area contributed by atoms with Gasteiger partial charge in [-0.15, -0.1) is 0 Å². The molecule has 4 saturated carbocycles. The van der Waals surface area contributed by atoms with E-state index in [0.717, 1.165) is 74.8 Å². The van der Waals surface area contributed by atoms with Gasteiger partial charge in [0, 0.05) is 32.2 Å². The maximum atomic E-state index is 11.3. The number of nitrogens with one attached hydrogen (secondary N) is 2. The lowest BCUT2D eigenvalue weighted by atomic mass is 9.49. The number of hydrogen-bond acceptors (Lipinski definition) is 7. The van der Waals surface area contributed by atoms with Crippen molar-refractivity contribution in [3.8, 4) is 0 Å². The Morgan fingerprint density at radius 2 is 1.78 bits per heavy atom. The predicted octanol–water partition coefficient (Wildman–Crippen LogP) is 2.72. The molecule has 8 nitrogen and oxygen atoms in total. The molecular weight excluding hydrogens is 404 g/mol. The Hall–Kier alpha value is -2.09. The number of piperidine rings is 1. The summed E-state index contributed by atoms with van der Waals surface area (Å²) in [5.41, 5.74) is 6.65. The van der Waals surface area contributed by atoms with E-state index in [1.54, 1.807) is 0 Å². The minimum atomic E-state index is -0.734. The van der Waals surface area contributed by atoms with E-state index in [4.69, 9.17) is 5.73 Å². The number of carbonyl (C=O) groups is 1. The van der Waals surface area contributed by atoms with Gasteiger partial charge < -0.3 is 26.4 Å². The fourth-order valence-electron chi connectivity index (χ4n) is 8.17. The molecule has 2 aliphatic heterocycles. The summed E-state index contributed by atoms with van der Waals surface area (Å²) in [4.78, 5) is 22.7. The molecule has 32 heavy (non-hydrogen) atoms. The average Bonchev–Trinajstić information content (AvgIpc) is 3.16. The molecule has 174 valence electrons. The van der Waals surface area contributed by atoms with Crippen molar-refractivity contribution >= 4 is 23.6 Å². The van der Waals surface area contributed by atoms with Crippen molar-refractivity contribution in [1.82, 2.24) is 15.3 Å². The summed E-state index contributed by atoms with van der Waals surface area (Å²) in [5, 5.41) is 16.2. The second kappa shape index (κ2) is 7.47. The molecule has 0 unspecified atom stereocenters. The van der Waals surface area contributed by atoms with Crippen LogP contribution in [0.25, 0.3) is 0 Å². The lowest BCUT2D eigenvalue weighted by Gasteiger charge is -2.57. The number of carboxylic acid groups (broad SMARTS) is 1. The van der Waals surface area contributed by atoms with Crippen LogP contribution < -0.4 is 21.3 Å². The van der Waals surface area contributed by atoms with E-state index in [0.29, 0.717) is 11.4 Å². The van der Waals surface area contributed by atoms with Crippen LogP contribution in [0.3, 0.4) is 0 Å². The number of anilines is 3. The molecule has 1 atom stereocenters. The first kappa shape index (κ1) is 20.5. The van der Waals surface area contributed by atoms with Crippen molar-refractivity contribution < 1.29 is 9.90 Å². The molecule has 5 N–H and O–H groups in total. The molecule has 4 bridgehead atoms. The van der Waals surface area contributed by atoms with Crippen LogP contribution >= 0.6 is 0 Å². The van der Waals surface area contributed by atoms with E-state index in [2.05, 4.69) is 31.6 Å². The number of hydrogen-bond donors (Lipinski definition) is 4. The zero-order chi connectivity index (χ0) is 21.9. The molecule has 0 aromatic carbocycles. The number of carboxylic acids is 1. The first-order valence-corrected chi connectivity index (χ1v) is 12.5. The van der Waals surface area contributed by atoms with Crippen LogP contribution in [0.15, 0.2) is 6.07 Å². The van der Waals surface area contributed by atoms with E-state index in [1.165, 1.54) is 38.5 Å². The summed E-state index contributed by atoms with van der Waals surface area (Å²) in [5.74, 6) is 4.16. The molecule has 0 radical (unpaired) electrons. The summed E-state index contributed by atoms with van der Waals surface area (Å²) in [6, 6.07) is 1.65. The molecule has 1 aromatic rings. The maximum absolute atomic E-state index is 11.3. The fourth-order valence-corrected chi connectivity index (χ4v) is 8.17. The molecule has 6 aliphatic rings. The van der Waals surface area contributed by atoms with Crippen LogP contribution in [-0.4, -0.2) is 53.3 Å². The molecule has 6 fully saturated rings. The van der Waals surface area contributed by atoms with Crippen molar-refractivity contribution in [3.63, 3.8) is 0 Å². The Morgan fingerprint density at radius 1 is 1.12 bits per heavy atom. The van der Waals surface area contributed by atoms with Gasteiger partial charge in [0.15, 0.2) is 0 Å². The summed E-state index contributed by atoms with van der Waals surface area (Å²) in [7, 11) is 0.